The summed E-state index contributed by atoms with van der Waals surface area (Å²) in [5.74, 6) is 1.95. The lowest BCUT2D eigenvalue weighted by Gasteiger charge is -2.34. The van der Waals surface area contributed by atoms with Gasteiger partial charge in [0.1, 0.15) is 0 Å². The molecule has 166 valence electrons. The molecule has 2 aromatic rings. The number of halogens is 1. The summed E-state index contributed by atoms with van der Waals surface area (Å²) < 4.78 is 30.2. The summed E-state index contributed by atoms with van der Waals surface area (Å²) in [7, 11) is 1.46. The van der Waals surface area contributed by atoms with Crippen LogP contribution in [0.1, 0.15) is 12.0 Å². The van der Waals surface area contributed by atoms with Crippen molar-refractivity contribution in [1.29, 1.82) is 0 Å². The molecule has 0 aromatic heterocycles. The van der Waals surface area contributed by atoms with Crippen LogP contribution in [-0.4, -0.2) is 68.0 Å². The Balaban J connectivity index is 1.24. The van der Waals surface area contributed by atoms with Crippen LogP contribution in [-0.2, 0) is 11.3 Å². The highest BCUT2D eigenvalue weighted by molar-refractivity contribution is 8.00. The van der Waals surface area contributed by atoms with Gasteiger partial charge in [-0.25, -0.2) is 4.39 Å². The number of nitrogens with zero attached hydrogens (tertiary/aromatic N) is 2. The number of fused-ring (bicyclic) bond motifs is 1. The van der Waals surface area contributed by atoms with Crippen molar-refractivity contribution in [3.63, 3.8) is 0 Å². The van der Waals surface area contributed by atoms with Crippen molar-refractivity contribution < 1.29 is 23.4 Å². The molecule has 2 aromatic carbocycles. The number of hydrogen-bond donors (Lipinski definition) is 0. The first-order valence-corrected chi connectivity index (χ1v) is 11.5. The summed E-state index contributed by atoms with van der Waals surface area (Å²) >= 11 is 1.52. The van der Waals surface area contributed by atoms with Crippen molar-refractivity contribution in [2.75, 3.05) is 52.3 Å². The topological polar surface area (TPSA) is 51.2 Å². The largest absolute Gasteiger partial charge is 0.494 e. The molecule has 31 heavy (non-hydrogen) atoms. The lowest BCUT2D eigenvalue weighted by atomic mass is 10.2. The van der Waals surface area contributed by atoms with Gasteiger partial charge in [0.2, 0.25) is 5.91 Å². The van der Waals surface area contributed by atoms with E-state index in [1.165, 1.54) is 24.9 Å². The maximum atomic E-state index is 13.9. The monoisotopic (exact) mass is 446 g/mol. The average molecular weight is 447 g/mol. The number of benzene rings is 2. The van der Waals surface area contributed by atoms with Crippen LogP contribution in [0.4, 0.5) is 4.39 Å². The summed E-state index contributed by atoms with van der Waals surface area (Å²) in [5, 5.41) is 0. The van der Waals surface area contributed by atoms with Gasteiger partial charge in [0.15, 0.2) is 23.1 Å². The average Bonchev–Trinajstić information content (AvgIpc) is 3.03. The van der Waals surface area contributed by atoms with Gasteiger partial charge in [-0.05, 0) is 35.9 Å². The minimum Gasteiger partial charge on any atom is -0.494 e. The quantitative estimate of drug-likeness (QED) is 0.634. The van der Waals surface area contributed by atoms with Gasteiger partial charge < -0.3 is 19.1 Å². The van der Waals surface area contributed by atoms with E-state index < -0.39 is 0 Å². The van der Waals surface area contributed by atoms with E-state index in [-0.39, 0.29) is 17.5 Å². The number of thioether (sulfide) groups is 1. The zero-order chi connectivity index (χ0) is 21.6. The van der Waals surface area contributed by atoms with Crippen molar-refractivity contribution in [1.82, 2.24) is 9.80 Å². The zero-order valence-corrected chi connectivity index (χ0v) is 18.5. The molecule has 1 amide bonds. The van der Waals surface area contributed by atoms with Crippen molar-refractivity contribution in [3.8, 4) is 17.2 Å². The van der Waals surface area contributed by atoms with Gasteiger partial charge in [0.05, 0.1) is 26.1 Å². The Morgan fingerprint density at radius 2 is 1.84 bits per heavy atom. The number of piperazine rings is 1. The molecule has 0 spiro atoms. The smallest absolute Gasteiger partial charge is 0.233 e. The first-order valence-electron chi connectivity index (χ1n) is 10.5. The van der Waals surface area contributed by atoms with Gasteiger partial charge in [-0.1, -0.05) is 6.07 Å². The maximum absolute atomic E-state index is 13.9. The summed E-state index contributed by atoms with van der Waals surface area (Å²) in [6, 6.07) is 10.9. The van der Waals surface area contributed by atoms with Crippen LogP contribution in [0.15, 0.2) is 41.3 Å². The third-order valence-electron chi connectivity index (χ3n) is 5.43. The van der Waals surface area contributed by atoms with Gasteiger partial charge in [-0.15, -0.1) is 11.8 Å². The molecule has 4 rings (SSSR count). The number of carbonyl (C=O) groups is 1. The summed E-state index contributed by atoms with van der Waals surface area (Å²) in [6.45, 7) is 4.88. The Hall–Kier alpha value is -2.45. The number of amides is 1. The predicted molar refractivity (Wildman–Crippen MR) is 118 cm³/mol. The number of methoxy groups -OCH3 is 1. The lowest BCUT2D eigenvalue weighted by Crippen LogP contribution is -2.48. The molecule has 0 bridgehead atoms. The number of hydrogen-bond acceptors (Lipinski definition) is 6. The molecule has 0 N–H and O–H groups in total. The van der Waals surface area contributed by atoms with E-state index >= 15 is 0 Å². The van der Waals surface area contributed by atoms with Gasteiger partial charge in [-0.2, -0.15) is 0 Å². The van der Waals surface area contributed by atoms with Crippen LogP contribution in [0.5, 0.6) is 17.2 Å². The molecule has 6 nitrogen and oxygen atoms in total. The second-order valence-electron chi connectivity index (χ2n) is 7.57. The highest BCUT2D eigenvalue weighted by atomic mass is 32.2. The molecular formula is C23H27FN2O4S. The predicted octanol–water partition coefficient (Wildman–Crippen LogP) is 3.43. The minimum atomic E-state index is -0.347. The van der Waals surface area contributed by atoms with E-state index in [4.69, 9.17) is 14.2 Å². The molecule has 2 aliphatic rings. The van der Waals surface area contributed by atoms with Gasteiger partial charge in [-0.3, -0.25) is 9.69 Å². The van der Waals surface area contributed by atoms with Crippen LogP contribution < -0.4 is 14.2 Å². The third kappa shape index (κ3) is 5.62. The maximum Gasteiger partial charge on any atom is 0.233 e. The molecule has 1 fully saturated rings. The van der Waals surface area contributed by atoms with Crippen LogP contribution in [0.3, 0.4) is 0 Å². The van der Waals surface area contributed by atoms with Crippen LogP contribution in [0, 0.1) is 5.82 Å². The molecule has 8 heteroatoms. The highest BCUT2D eigenvalue weighted by Gasteiger charge is 2.22. The Labute approximate surface area is 186 Å². The molecule has 0 atom stereocenters. The molecule has 2 aliphatic heterocycles. The lowest BCUT2D eigenvalue weighted by molar-refractivity contribution is -0.130. The van der Waals surface area contributed by atoms with Crippen molar-refractivity contribution >= 4 is 17.7 Å². The van der Waals surface area contributed by atoms with Crippen molar-refractivity contribution in [2.24, 2.45) is 0 Å². The van der Waals surface area contributed by atoms with Crippen molar-refractivity contribution in [3.05, 3.63) is 47.8 Å². The number of carbonyl (C=O) groups excluding carboxylic acids is 1. The van der Waals surface area contributed by atoms with E-state index in [0.717, 1.165) is 41.5 Å². The highest BCUT2D eigenvalue weighted by Crippen LogP contribution is 2.34. The molecular weight excluding hydrogens is 419 g/mol. The minimum absolute atomic E-state index is 0.132. The van der Waals surface area contributed by atoms with E-state index in [2.05, 4.69) is 4.90 Å². The standard InChI is InChI=1S/C23H27FN2O4S/c1-28-20-5-3-17(13-19(20)24)15-25-7-9-26(10-8-25)23(27)16-31-18-4-6-21-22(14-18)30-12-2-11-29-21/h3-6,13-14H,2,7-12,15-16H2,1H3. The summed E-state index contributed by atoms with van der Waals surface area (Å²) in [5.41, 5.74) is 0.906. The van der Waals surface area contributed by atoms with E-state index in [0.29, 0.717) is 38.6 Å². The van der Waals surface area contributed by atoms with E-state index in [9.17, 15) is 9.18 Å². The fraction of sp³-hybridized carbons (Fsp3) is 0.435. The fourth-order valence-electron chi connectivity index (χ4n) is 3.69. The molecule has 0 aliphatic carbocycles. The van der Waals surface area contributed by atoms with Gasteiger partial charge >= 0.3 is 0 Å². The van der Waals surface area contributed by atoms with E-state index in [1.54, 1.807) is 6.07 Å². The Morgan fingerprint density at radius 1 is 1.06 bits per heavy atom. The fourth-order valence-corrected chi connectivity index (χ4v) is 4.52. The molecule has 1 saturated heterocycles. The van der Waals surface area contributed by atoms with E-state index in [1.807, 2.05) is 29.2 Å². The molecule has 2 heterocycles. The van der Waals surface area contributed by atoms with Gasteiger partial charge in [0, 0.05) is 44.0 Å². The van der Waals surface area contributed by atoms with Gasteiger partial charge in [0.25, 0.3) is 0 Å². The Bertz CT molecular complexity index is 918. The second kappa shape index (κ2) is 10.2. The first-order chi connectivity index (χ1) is 15.1. The Kier molecular flexibility index (Phi) is 7.19. The number of rotatable bonds is 6. The first kappa shape index (κ1) is 21.8. The molecule has 0 radical (unpaired) electrons. The molecule has 0 unspecified atom stereocenters. The van der Waals surface area contributed by atoms with Crippen LogP contribution in [0.2, 0.25) is 0 Å². The van der Waals surface area contributed by atoms with Crippen molar-refractivity contribution in [2.45, 2.75) is 17.9 Å². The normalized spacial score (nSPS) is 16.6. The second-order valence-corrected chi connectivity index (χ2v) is 8.62. The van der Waals surface area contributed by atoms with Crippen LogP contribution in [0.25, 0.3) is 0 Å². The number of ether oxygens (including phenoxy) is 3. The van der Waals surface area contributed by atoms with Crippen LogP contribution >= 0.6 is 11.8 Å². The zero-order valence-electron chi connectivity index (χ0n) is 17.6. The summed E-state index contributed by atoms with van der Waals surface area (Å²) in [4.78, 5) is 17.8. The molecule has 0 saturated carbocycles. The third-order valence-corrected chi connectivity index (χ3v) is 6.41. The Morgan fingerprint density at radius 3 is 2.58 bits per heavy atom. The SMILES string of the molecule is COc1ccc(CN2CCN(C(=O)CSc3ccc4c(c3)OCCCO4)CC2)cc1F. The summed E-state index contributed by atoms with van der Waals surface area (Å²) in [6.07, 6.45) is 0.870.